The Morgan fingerprint density at radius 2 is 1.95 bits per heavy atom. The monoisotopic (exact) mass is 537 g/mol. The Kier molecular flexibility index (Phi) is 9.36. The lowest BCUT2D eigenvalue weighted by atomic mass is 9.98. The van der Waals surface area contributed by atoms with Crippen molar-refractivity contribution in [1.82, 2.24) is 14.8 Å². The Morgan fingerprint density at radius 1 is 1.18 bits per heavy atom. The van der Waals surface area contributed by atoms with Crippen LogP contribution in [0.25, 0.3) is 11.3 Å². The number of hydrogen-bond acceptors (Lipinski definition) is 7. The summed E-state index contributed by atoms with van der Waals surface area (Å²) in [6, 6.07) is 9.12. The van der Waals surface area contributed by atoms with Gasteiger partial charge in [0.25, 0.3) is 0 Å². The van der Waals surface area contributed by atoms with Crippen molar-refractivity contribution >= 4 is 12.0 Å². The Labute approximate surface area is 228 Å². The van der Waals surface area contributed by atoms with E-state index in [4.69, 9.17) is 15.2 Å². The van der Waals surface area contributed by atoms with Crippen LogP contribution in [-0.4, -0.2) is 71.2 Å². The van der Waals surface area contributed by atoms with Gasteiger partial charge in [0, 0.05) is 25.2 Å². The number of amides is 2. The minimum absolute atomic E-state index is 0.0532. The minimum atomic E-state index is -0.907. The first kappa shape index (κ1) is 28.3. The third-order valence-corrected chi connectivity index (χ3v) is 7.22. The largest absolute Gasteiger partial charge is 0.492 e. The van der Waals surface area contributed by atoms with E-state index >= 15 is 0 Å². The molecule has 2 aromatic rings. The molecule has 3 heterocycles. The maximum absolute atomic E-state index is 14.9. The number of benzene rings is 1. The second-order valence-electron chi connectivity index (χ2n) is 10.5. The van der Waals surface area contributed by atoms with Gasteiger partial charge in [0.1, 0.15) is 17.6 Å². The summed E-state index contributed by atoms with van der Waals surface area (Å²) in [5.74, 6) is 0.183. The molecule has 0 saturated carbocycles. The van der Waals surface area contributed by atoms with E-state index < -0.39 is 17.9 Å². The molecule has 2 saturated heterocycles. The lowest BCUT2D eigenvalue weighted by Gasteiger charge is -2.31. The summed E-state index contributed by atoms with van der Waals surface area (Å²) in [6.07, 6.45) is 4.38. The third-order valence-electron chi connectivity index (χ3n) is 7.22. The van der Waals surface area contributed by atoms with Gasteiger partial charge in [0.05, 0.1) is 36.7 Å². The molecular formula is C29H36FN5O4. The van der Waals surface area contributed by atoms with Gasteiger partial charge in [-0.1, -0.05) is 12.1 Å². The van der Waals surface area contributed by atoms with Crippen molar-refractivity contribution in [3.05, 3.63) is 47.9 Å². The molecule has 1 aromatic carbocycles. The Hall–Kier alpha value is -3.71. The van der Waals surface area contributed by atoms with E-state index in [0.717, 1.165) is 19.3 Å². The molecule has 0 bridgehead atoms. The van der Waals surface area contributed by atoms with Crippen LogP contribution >= 0.6 is 0 Å². The van der Waals surface area contributed by atoms with Gasteiger partial charge in [-0.05, 0) is 75.6 Å². The van der Waals surface area contributed by atoms with Crippen LogP contribution in [0.5, 0.6) is 5.75 Å². The predicted octanol–water partition coefficient (Wildman–Crippen LogP) is 3.91. The van der Waals surface area contributed by atoms with Gasteiger partial charge < -0.3 is 25.0 Å². The molecule has 39 heavy (non-hydrogen) atoms. The van der Waals surface area contributed by atoms with Crippen LogP contribution in [0.15, 0.2) is 36.5 Å². The molecule has 2 aliphatic rings. The van der Waals surface area contributed by atoms with Crippen LogP contribution in [0, 0.1) is 23.1 Å². The standard InChI is InChI=1S/C29H36FN5O4/c1-19(2)39-29(37)34-12-9-20(10-13-34)18-38-24-7-8-27(33-17-24)22-6-5-21(25(30)14-22)15-26(32)28(36)35-11-3-4-23(35)16-31/h5-8,14,17,19-20,23,26H,3-4,9-13,15,18,32H2,1-2H3/t23-,26?/m0/s1. The molecule has 0 aliphatic carbocycles. The maximum atomic E-state index is 14.9. The molecule has 2 amide bonds. The second kappa shape index (κ2) is 12.9. The molecular weight excluding hydrogens is 501 g/mol. The number of likely N-dealkylation sites (tertiary alicyclic amines) is 2. The summed E-state index contributed by atoms with van der Waals surface area (Å²) < 4.78 is 26.1. The molecule has 10 heteroatoms. The van der Waals surface area contributed by atoms with Crippen LogP contribution in [0.1, 0.15) is 45.1 Å². The van der Waals surface area contributed by atoms with E-state index in [2.05, 4.69) is 11.1 Å². The fraction of sp³-hybridized carbons (Fsp3) is 0.517. The molecule has 0 radical (unpaired) electrons. The van der Waals surface area contributed by atoms with Gasteiger partial charge in [-0.15, -0.1) is 0 Å². The molecule has 2 fully saturated rings. The summed E-state index contributed by atoms with van der Waals surface area (Å²) in [5, 5.41) is 9.22. The second-order valence-corrected chi connectivity index (χ2v) is 10.5. The van der Waals surface area contributed by atoms with E-state index in [1.807, 2.05) is 13.8 Å². The van der Waals surface area contributed by atoms with E-state index in [1.165, 1.54) is 11.0 Å². The minimum Gasteiger partial charge on any atom is -0.492 e. The molecule has 208 valence electrons. The predicted molar refractivity (Wildman–Crippen MR) is 143 cm³/mol. The van der Waals surface area contributed by atoms with Crippen molar-refractivity contribution in [2.75, 3.05) is 26.2 Å². The van der Waals surface area contributed by atoms with E-state index in [-0.39, 0.29) is 24.5 Å². The van der Waals surface area contributed by atoms with Crippen molar-refractivity contribution < 1.29 is 23.5 Å². The molecule has 4 rings (SSSR count). The summed E-state index contributed by atoms with van der Waals surface area (Å²) in [6.45, 7) is 6.01. The summed E-state index contributed by atoms with van der Waals surface area (Å²) in [4.78, 5) is 32.4. The van der Waals surface area contributed by atoms with Gasteiger partial charge in [-0.25, -0.2) is 9.18 Å². The molecule has 2 aliphatic heterocycles. The van der Waals surface area contributed by atoms with Gasteiger partial charge in [-0.2, -0.15) is 5.26 Å². The fourth-order valence-electron chi connectivity index (χ4n) is 4.98. The topological polar surface area (TPSA) is 122 Å². The van der Waals surface area contributed by atoms with E-state index in [0.29, 0.717) is 61.2 Å². The fourth-order valence-corrected chi connectivity index (χ4v) is 4.98. The SMILES string of the molecule is CC(C)OC(=O)N1CCC(COc2ccc(-c3ccc(CC(N)C(=O)N4CCC[C@H]4C#N)c(F)c3)nc2)CC1. The Morgan fingerprint density at radius 3 is 2.59 bits per heavy atom. The number of rotatable bonds is 8. The number of pyridine rings is 1. The van der Waals surface area contributed by atoms with Crippen molar-refractivity contribution in [3.63, 3.8) is 0 Å². The Balaban J connectivity index is 1.27. The number of nitriles is 1. The molecule has 1 unspecified atom stereocenters. The highest BCUT2D eigenvalue weighted by Gasteiger charge is 2.32. The highest BCUT2D eigenvalue weighted by molar-refractivity contribution is 5.83. The number of nitrogens with zero attached hydrogens (tertiary/aromatic N) is 4. The van der Waals surface area contributed by atoms with Crippen molar-refractivity contribution in [2.24, 2.45) is 11.7 Å². The zero-order valence-electron chi connectivity index (χ0n) is 22.5. The zero-order valence-corrected chi connectivity index (χ0v) is 22.5. The molecule has 2 N–H and O–H groups in total. The van der Waals surface area contributed by atoms with Crippen molar-refractivity contribution in [3.8, 4) is 23.1 Å². The highest BCUT2D eigenvalue weighted by atomic mass is 19.1. The molecule has 1 aromatic heterocycles. The first-order valence-electron chi connectivity index (χ1n) is 13.5. The lowest BCUT2D eigenvalue weighted by Crippen LogP contribution is -2.46. The molecule has 0 spiro atoms. The van der Waals surface area contributed by atoms with E-state index in [1.54, 1.807) is 35.4 Å². The number of halogens is 1. The average Bonchev–Trinajstić information content (AvgIpc) is 3.42. The van der Waals surface area contributed by atoms with Crippen molar-refractivity contribution in [1.29, 1.82) is 5.26 Å². The summed E-state index contributed by atoms with van der Waals surface area (Å²) >= 11 is 0. The first-order chi connectivity index (χ1) is 18.7. The van der Waals surface area contributed by atoms with Gasteiger partial charge in [0.15, 0.2) is 0 Å². The molecule has 9 nitrogen and oxygen atoms in total. The lowest BCUT2D eigenvalue weighted by molar-refractivity contribution is -0.132. The number of carbonyl (C=O) groups excluding carboxylic acids is 2. The highest BCUT2D eigenvalue weighted by Crippen LogP contribution is 2.25. The summed E-state index contributed by atoms with van der Waals surface area (Å²) in [5.41, 5.74) is 7.63. The summed E-state index contributed by atoms with van der Waals surface area (Å²) in [7, 11) is 0. The number of ether oxygens (including phenoxy) is 2. The smallest absolute Gasteiger partial charge is 0.410 e. The van der Waals surface area contributed by atoms with Crippen LogP contribution < -0.4 is 10.5 Å². The van der Waals surface area contributed by atoms with Gasteiger partial charge in [-0.3, -0.25) is 9.78 Å². The van der Waals surface area contributed by atoms with E-state index in [9.17, 15) is 19.2 Å². The van der Waals surface area contributed by atoms with Gasteiger partial charge >= 0.3 is 6.09 Å². The number of nitrogens with two attached hydrogens (primary N) is 1. The Bertz CT molecular complexity index is 1190. The molecule has 2 atom stereocenters. The van der Waals surface area contributed by atoms with Crippen LogP contribution in [0.3, 0.4) is 0 Å². The zero-order chi connectivity index (χ0) is 27.9. The number of piperidine rings is 1. The van der Waals surface area contributed by atoms with Crippen LogP contribution in [-0.2, 0) is 16.0 Å². The van der Waals surface area contributed by atoms with Gasteiger partial charge in [0.2, 0.25) is 5.91 Å². The number of aromatic nitrogens is 1. The quantitative estimate of drug-likeness (QED) is 0.542. The number of carbonyl (C=O) groups is 2. The first-order valence-corrected chi connectivity index (χ1v) is 13.5. The van der Waals surface area contributed by atoms with Crippen LogP contribution in [0.2, 0.25) is 0 Å². The maximum Gasteiger partial charge on any atom is 0.410 e. The van der Waals surface area contributed by atoms with Crippen molar-refractivity contribution in [2.45, 2.75) is 64.1 Å². The van der Waals surface area contributed by atoms with Crippen LogP contribution in [0.4, 0.5) is 9.18 Å². The number of hydrogen-bond donors (Lipinski definition) is 1. The third kappa shape index (κ3) is 7.24. The normalized spacial score (nSPS) is 18.6. The average molecular weight is 538 g/mol.